The van der Waals surface area contributed by atoms with Gasteiger partial charge in [0.15, 0.2) is 5.78 Å². The lowest BCUT2D eigenvalue weighted by Gasteiger charge is -2.33. The average Bonchev–Trinajstić information content (AvgIpc) is 2.41. The summed E-state index contributed by atoms with van der Waals surface area (Å²) in [6.07, 6.45) is 2.15. The number of hydrogen-bond donors (Lipinski definition) is 0. The molecule has 3 atom stereocenters. The summed E-state index contributed by atoms with van der Waals surface area (Å²) in [7, 11) is 1.66. The quantitative estimate of drug-likeness (QED) is 0.643. The predicted octanol–water partition coefficient (Wildman–Crippen LogP) is 2.42. The lowest BCUT2D eigenvalue weighted by atomic mass is 9.70. The van der Waals surface area contributed by atoms with Gasteiger partial charge in [-0.15, -0.1) is 0 Å². The first kappa shape index (κ1) is 10.2. The Balaban J connectivity index is 2.55. The Morgan fingerprint density at radius 1 is 1.29 bits per heavy atom. The van der Waals surface area contributed by atoms with Crippen molar-refractivity contribution in [3.05, 3.63) is 0 Å². The van der Waals surface area contributed by atoms with Crippen molar-refractivity contribution < 1.29 is 9.53 Å². The van der Waals surface area contributed by atoms with Crippen molar-refractivity contribution >= 4 is 5.78 Å². The fourth-order valence-corrected chi connectivity index (χ4v) is 3.81. The molecule has 0 amide bonds. The van der Waals surface area contributed by atoms with Gasteiger partial charge in [-0.05, 0) is 25.2 Å². The first-order valence-electron chi connectivity index (χ1n) is 5.41. The summed E-state index contributed by atoms with van der Waals surface area (Å²) in [4.78, 5) is 12.3. The summed E-state index contributed by atoms with van der Waals surface area (Å²) in [5, 5.41) is 0. The van der Waals surface area contributed by atoms with Gasteiger partial charge in [0.05, 0.1) is 0 Å². The van der Waals surface area contributed by atoms with Crippen molar-refractivity contribution in [1.29, 1.82) is 0 Å². The Morgan fingerprint density at radius 3 is 2.14 bits per heavy atom. The minimum atomic E-state index is -0.531. The molecular formula is C12H20O2. The number of ketones is 1. The second-order valence-electron chi connectivity index (χ2n) is 5.79. The third-order valence-corrected chi connectivity index (χ3v) is 5.27. The molecule has 2 bridgehead atoms. The van der Waals surface area contributed by atoms with Crippen LogP contribution in [0.1, 0.15) is 40.5 Å². The van der Waals surface area contributed by atoms with Crippen molar-refractivity contribution in [2.45, 2.75) is 46.1 Å². The molecule has 0 heterocycles. The summed E-state index contributed by atoms with van der Waals surface area (Å²) in [6.45, 7) is 8.51. The first-order chi connectivity index (χ1) is 6.30. The molecular weight excluding hydrogens is 176 g/mol. The highest BCUT2D eigenvalue weighted by molar-refractivity contribution is 5.97. The number of fused-ring (bicyclic) bond motifs is 2. The number of rotatable bonds is 1. The molecule has 0 saturated heterocycles. The Morgan fingerprint density at radius 2 is 1.86 bits per heavy atom. The second kappa shape index (κ2) is 2.41. The molecule has 14 heavy (non-hydrogen) atoms. The normalized spacial score (nSPS) is 50.1. The molecule has 3 unspecified atom stereocenters. The molecule has 0 radical (unpaired) electrons. The third-order valence-electron chi connectivity index (χ3n) is 5.27. The van der Waals surface area contributed by atoms with Crippen LogP contribution in [0.3, 0.4) is 0 Å². The predicted molar refractivity (Wildman–Crippen MR) is 55.0 cm³/mol. The van der Waals surface area contributed by atoms with Crippen molar-refractivity contribution in [2.75, 3.05) is 7.11 Å². The molecule has 2 fully saturated rings. The SMILES string of the molecule is COC1(C)C(=O)C2(C)CCC1C2(C)C. The van der Waals surface area contributed by atoms with Gasteiger partial charge in [-0.25, -0.2) is 0 Å². The molecule has 2 heteroatoms. The van der Waals surface area contributed by atoms with E-state index in [2.05, 4.69) is 20.8 Å². The van der Waals surface area contributed by atoms with Crippen molar-refractivity contribution in [1.82, 2.24) is 0 Å². The molecule has 0 aromatic carbocycles. The van der Waals surface area contributed by atoms with Crippen LogP contribution < -0.4 is 0 Å². The molecule has 2 saturated carbocycles. The zero-order chi connectivity index (χ0) is 10.8. The van der Waals surface area contributed by atoms with Crippen molar-refractivity contribution in [3.63, 3.8) is 0 Å². The van der Waals surface area contributed by atoms with E-state index < -0.39 is 5.60 Å². The summed E-state index contributed by atoms with van der Waals surface area (Å²) < 4.78 is 5.50. The van der Waals surface area contributed by atoms with Crippen LogP contribution in [-0.4, -0.2) is 18.5 Å². The van der Waals surface area contributed by atoms with Crippen LogP contribution in [0.25, 0.3) is 0 Å². The van der Waals surface area contributed by atoms with Crippen LogP contribution >= 0.6 is 0 Å². The smallest absolute Gasteiger partial charge is 0.171 e. The van der Waals surface area contributed by atoms with Crippen LogP contribution in [0, 0.1) is 16.7 Å². The Labute approximate surface area is 86.0 Å². The maximum atomic E-state index is 12.3. The van der Waals surface area contributed by atoms with Gasteiger partial charge in [-0.1, -0.05) is 20.8 Å². The minimum absolute atomic E-state index is 0.0921. The zero-order valence-electron chi connectivity index (χ0n) is 9.81. The van der Waals surface area contributed by atoms with E-state index in [4.69, 9.17) is 4.74 Å². The highest BCUT2D eigenvalue weighted by Gasteiger charge is 2.71. The zero-order valence-corrected chi connectivity index (χ0v) is 9.81. The van der Waals surface area contributed by atoms with Crippen LogP contribution in [0.2, 0.25) is 0 Å². The number of methoxy groups -OCH3 is 1. The first-order valence-corrected chi connectivity index (χ1v) is 5.41. The van der Waals surface area contributed by atoms with Crippen LogP contribution in [0.15, 0.2) is 0 Å². The molecule has 2 rings (SSSR count). The largest absolute Gasteiger partial charge is 0.370 e. The highest BCUT2D eigenvalue weighted by atomic mass is 16.5. The van der Waals surface area contributed by atoms with Crippen molar-refractivity contribution in [2.24, 2.45) is 16.7 Å². The fraction of sp³-hybridized carbons (Fsp3) is 0.917. The van der Waals surface area contributed by atoms with Gasteiger partial charge in [0.25, 0.3) is 0 Å². The van der Waals surface area contributed by atoms with E-state index in [0.717, 1.165) is 12.8 Å². The van der Waals surface area contributed by atoms with Gasteiger partial charge in [0.2, 0.25) is 0 Å². The van der Waals surface area contributed by atoms with Gasteiger partial charge in [0, 0.05) is 18.4 Å². The number of Topliss-reactive ketones (excluding diaryl/α,β-unsaturated/α-hetero) is 1. The molecule has 0 spiro atoms. The average molecular weight is 196 g/mol. The van der Waals surface area contributed by atoms with E-state index >= 15 is 0 Å². The number of carbonyl (C=O) groups excluding carboxylic acids is 1. The van der Waals surface area contributed by atoms with Crippen LogP contribution in [0.5, 0.6) is 0 Å². The summed E-state index contributed by atoms with van der Waals surface area (Å²) in [5.41, 5.74) is -0.603. The summed E-state index contributed by atoms with van der Waals surface area (Å²) >= 11 is 0. The Kier molecular flexibility index (Phi) is 1.75. The van der Waals surface area contributed by atoms with E-state index in [0.29, 0.717) is 11.7 Å². The summed E-state index contributed by atoms with van der Waals surface area (Å²) in [6, 6.07) is 0. The van der Waals surface area contributed by atoms with Gasteiger partial charge in [-0.2, -0.15) is 0 Å². The van der Waals surface area contributed by atoms with Gasteiger partial charge >= 0.3 is 0 Å². The number of ether oxygens (including phenoxy) is 1. The standard InChI is InChI=1S/C12H20O2/c1-10(2)8-6-7-11(10,3)9(13)12(8,4)14-5/h8H,6-7H2,1-5H3. The van der Waals surface area contributed by atoms with Crippen LogP contribution in [-0.2, 0) is 9.53 Å². The van der Waals surface area contributed by atoms with Crippen molar-refractivity contribution in [3.8, 4) is 0 Å². The molecule has 2 aliphatic rings. The number of carbonyl (C=O) groups is 1. The topological polar surface area (TPSA) is 26.3 Å². The van der Waals surface area contributed by atoms with E-state index in [9.17, 15) is 4.79 Å². The highest BCUT2D eigenvalue weighted by Crippen LogP contribution is 2.67. The van der Waals surface area contributed by atoms with Crippen LogP contribution in [0.4, 0.5) is 0 Å². The molecule has 0 N–H and O–H groups in total. The molecule has 0 aromatic heterocycles. The van der Waals surface area contributed by atoms with E-state index in [1.165, 1.54) is 0 Å². The molecule has 0 aromatic rings. The fourth-order valence-electron chi connectivity index (χ4n) is 3.81. The summed E-state index contributed by atoms with van der Waals surface area (Å²) in [5.74, 6) is 0.700. The van der Waals surface area contributed by atoms with E-state index in [1.54, 1.807) is 7.11 Å². The Hall–Kier alpha value is -0.370. The lowest BCUT2D eigenvalue weighted by molar-refractivity contribution is -0.148. The van der Waals surface area contributed by atoms with E-state index in [1.807, 2.05) is 6.92 Å². The maximum absolute atomic E-state index is 12.3. The van der Waals surface area contributed by atoms with Gasteiger partial charge < -0.3 is 4.74 Å². The monoisotopic (exact) mass is 196 g/mol. The van der Waals surface area contributed by atoms with E-state index in [-0.39, 0.29) is 10.8 Å². The molecule has 2 aliphatic carbocycles. The maximum Gasteiger partial charge on any atom is 0.171 e. The number of hydrogen-bond acceptors (Lipinski definition) is 2. The lowest BCUT2D eigenvalue weighted by Crippen LogP contribution is -2.45. The van der Waals surface area contributed by atoms with Gasteiger partial charge in [-0.3, -0.25) is 4.79 Å². The third kappa shape index (κ3) is 0.758. The second-order valence-corrected chi connectivity index (χ2v) is 5.79. The van der Waals surface area contributed by atoms with Gasteiger partial charge in [0.1, 0.15) is 5.60 Å². The molecule has 80 valence electrons. The molecule has 2 nitrogen and oxygen atoms in total. The minimum Gasteiger partial charge on any atom is -0.370 e. The Bertz CT molecular complexity index is 295. The molecule has 0 aliphatic heterocycles.